The molecule has 0 radical (unpaired) electrons. The first-order chi connectivity index (χ1) is 20.7. The summed E-state index contributed by atoms with van der Waals surface area (Å²) < 4.78 is 5.62. The number of aryl methyl sites for hydroxylation is 2. The summed E-state index contributed by atoms with van der Waals surface area (Å²) in [4.78, 5) is 56.7. The number of nitrogens with zero attached hydrogens (tertiary/aromatic N) is 2. The maximum atomic E-state index is 13.7. The van der Waals surface area contributed by atoms with Crippen molar-refractivity contribution < 1.29 is 19.1 Å². The second-order valence-electron chi connectivity index (χ2n) is 11.2. The van der Waals surface area contributed by atoms with Gasteiger partial charge in [-0.15, -0.1) is 0 Å². The van der Waals surface area contributed by atoms with Crippen molar-refractivity contribution in [2.75, 3.05) is 24.7 Å². The van der Waals surface area contributed by atoms with Crippen molar-refractivity contribution >= 4 is 23.4 Å². The van der Waals surface area contributed by atoms with E-state index < -0.39 is 0 Å². The van der Waals surface area contributed by atoms with Crippen LogP contribution in [0, 0.1) is 20.8 Å². The molecule has 2 aliphatic heterocycles. The van der Waals surface area contributed by atoms with Crippen molar-refractivity contribution in [3.8, 4) is 11.1 Å². The molecule has 5 rings (SSSR count). The van der Waals surface area contributed by atoms with E-state index in [4.69, 9.17) is 4.74 Å². The van der Waals surface area contributed by atoms with E-state index in [0.29, 0.717) is 30.4 Å². The summed E-state index contributed by atoms with van der Waals surface area (Å²) in [7, 11) is 0. The normalized spacial score (nSPS) is 15.3. The molecule has 9 heteroatoms. The quantitative estimate of drug-likeness (QED) is 0.364. The lowest BCUT2D eigenvalue weighted by Gasteiger charge is -2.37. The molecule has 43 heavy (non-hydrogen) atoms. The number of anilines is 1. The number of amides is 3. The van der Waals surface area contributed by atoms with Gasteiger partial charge in [-0.2, -0.15) is 0 Å². The van der Waals surface area contributed by atoms with E-state index in [1.54, 1.807) is 0 Å². The molecule has 0 atom stereocenters. The van der Waals surface area contributed by atoms with Gasteiger partial charge in [0, 0.05) is 67.0 Å². The average Bonchev–Trinajstić information content (AvgIpc) is 3.31. The monoisotopic (exact) mass is 582 g/mol. The molecule has 0 spiro atoms. The van der Waals surface area contributed by atoms with E-state index in [9.17, 15) is 19.2 Å². The summed E-state index contributed by atoms with van der Waals surface area (Å²) in [6.07, 6.45) is 4.38. The largest absolute Gasteiger partial charge is 0.381 e. The number of nitrogens with one attached hydrogen (secondary N) is 2. The Labute approximate surface area is 251 Å². The van der Waals surface area contributed by atoms with E-state index in [0.717, 1.165) is 58.6 Å². The van der Waals surface area contributed by atoms with Crippen LogP contribution in [0.4, 0.5) is 5.69 Å². The van der Waals surface area contributed by atoms with E-state index in [2.05, 4.69) is 28.2 Å². The van der Waals surface area contributed by atoms with Gasteiger partial charge in [-0.05, 0) is 86.6 Å². The van der Waals surface area contributed by atoms with Crippen LogP contribution in [0.5, 0.6) is 0 Å². The Bertz CT molecular complexity index is 1620. The summed E-state index contributed by atoms with van der Waals surface area (Å²) >= 11 is 0. The van der Waals surface area contributed by atoms with Gasteiger partial charge in [0.2, 0.25) is 0 Å². The van der Waals surface area contributed by atoms with Crippen molar-refractivity contribution in [1.29, 1.82) is 0 Å². The molecular formula is C34H38N4O5. The third kappa shape index (κ3) is 6.46. The lowest BCUT2D eigenvalue weighted by atomic mass is 9.94. The number of hydrogen-bond donors (Lipinski definition) is 2. The number of ether oxygens (including phenoxy) is 1. The zero-order chi connectivity index (χ0) is 30.7. The Morgan fingerprint density at radius 1 is 0.977 bits per heavy atom. The summed E-state index contributed by atoms with van der Waals surface area (Å²) in [5.41, 5.74) is 6.96. The zero-order valence-electron chi connectivity index (χ0n) is 25.2. The first-order valence-electron chi connectivity index (χ1n) is 14.8. The Hall–Kier alpha value is -4.50. The molecule has 0 bridgehead atoms. The maximum absolute atomic E-state index is 13.7. The van der Waals surface area contributed by atoms with E-state index in [1.165, 1.54) is 17.1 Å². The van der Waals surface area contributed by atoms with Crippen LogP contribution in [-0.4, -0.2) is 53.4 Å². The van der Waals surface area contributed by atoms with Crippen molar-refractivity contribution in [3.05, 3.63) is 98.5 Å². The fraction of sp³-hybridized carbons (Fsp3) is 0.353. The molecule has 1 saturated heterocycles. The first kappa shape index (κ1) is 30.0. The fourth-order valence-electron chi connectivity index (χ4n) is 5.96. The van der Waals surface area contributed by atoms with Crippen molar-refractivity contribution in [3.63, 3.8) is 0 Å². The predicted octanol–water partition coefficient (Wildman–Crippen LogP) is 4.33. The second kappa shape index (κ2) is 12.8. The molecule has 3 amide bonds. The van der Waals surface area contributed by atoms with Crippen LogP contribution in [0.3, 0.4) is 0 Å². The predicted molar refractivity (Wildman–Crippen MR) is 166 cm³/mol. The SMILES string of the molecule is CCN(c1cc(-c2ccc(CN3C(=O)C=CC3=O)cc2)cc(C(=O)NCc2c(C)cc(C)[nH]c2=O)c1C)C1CCOCC1. The molecule has 3 aromatic rings. The number of benzene rings is 2. The molecule has 9 nitrogen and oxygen atoms in total. The Morgan fingerprint density at radius 3 is 2.28 bits per heavy atom. The van der Waals surface area contributed by atoms with Gasteiger partial charge in [0.05, 0.1) is 6.54 Å². The van der Waals surface area contributed by atoms with Crippen molar-refractivity contribution in [1.82, 2.24) is 15.2 Å². The first-order valence-corrected chi connectivity index (χ1v) is 14.8. The van der Waals surface area contributed by atoms with Gasteiger partial charge in [-0.25, -0.2) is 0 Å². The fourth-order valence-corrected chi connectivity index (χ4v) is 5.96. The number of hydrogen-bond acceptors (Lipinski definition) is 6. The number of aromatic nitrogens is 1. The molecule has 224 valence electrons. The van der Waals surface area contributed by atoms with Crippen molar-refractivity contribution in [2.24, 2.45) is 0 Å². The van der Waals surface area contributed by atoms with Crippen LogP contribution >= 0.6 is 0 Å². The van der Waals surface area contributed by atoms with Crippen molar-refractivity contribution in [2.45, 2.75) is 59.7 Å². The maximum Gasteiger partial charge on any atom is 0.253 e. The van der Waals surface area contributed by atoms with Gasteiger partial charge < -0.3 is 19.9 Å². The Kier molecular flexibility index (Phi) is 8.92. The van der Waals surface area contributed by atoms with Crippen LogP contribution in [0.2, 0.25) is 0 Å². The lowest BCUT2D eigenvalue weighted by Crippen LogP contribution is -2.40. The number of carbonyl (C=O) groups excluding carboxylic acids is 3. The third-order valence-electron chi connectivity index (χ3n) is 8.35. The Morgan fingerprint density at radius 2 is 1.65 bits per heavy atom. The van der Waals surface area contributed by atoms with E-state index in [1.807, 2.05) is 57.2 Å². The van der Waals surface area contributed by atoms with Gasteiger partial charge in [0.1, 0.15) is 0 Å². The minimum absolute atomic E-state index is 0.119. The molecule has 3 heterocycles. The summed E-state index contributed by atoms with van der Waals surface area (Å²) in [5, 5.41) is 2.98. The third-order valence-corrected chi connectivity index (χ3v) is 8.35. The number of pyridine rings is 1. The Balaban J connectivity index is 1.48. The number of rotatable bonds is 9. The van der Waals surface area contributed by atoms with Crippen LogP contribution < -0.4 is 15.8 Å². The highest BCUT2D eigenvalue weighted by Gasteiger charge is 2.26. The molecule has 1 aromatic heterocycles. The molecule has 0 unspecified atom stereocenters. The number of carbonyl (C=O) groups is 3. The summed E-state index contributed by atoms with van der Waals surface area (Å²) in [5.74, 6) is -0.884. The highest BCUT2D eigenvalue weighted by molar-refractivity contribution is 6.12. The molecular weight excluding hydrogens is 544 g/mol. The molecule has 2 N–H and O–H groups in total. The smallest absolute Gasteiger partial charge is 0.253 e. The number of imide groups is 1. The molecule has 0 aliphatic carbocycles. The topological polar surface area (TPSA) is 112 Å². The van der Waals surface area contributed by atoms with Gasteiger partial charge in [0.15, 0.2) is 0 Å². The highest BCUT2D eigenvalue weighted by atomic mass is 16.5. The molecule has 0 saturated carbocycles. The summed E-state index contributed by atoms with van der Waals surface area (Å²) in [6, 6.07) is 13.9. The average molecular weight is 583 g/mol. The van der Waals surface area contributed by atoms with Gasteiger partial charge >= 0.3 is 0 Å². The highest BCUT2D eigenvalue weighted by Crippen LogP contribution is 2.34. The van der Waals surface area contributed by atoms with Gasteiger partial charge in [-0.3, -0.25) is 24.1 Å². The molecule has 2 aromatic carbocycles. The van der Waals surface area contributed by atoms with Crippen LogP contribution in [0.25, 0.3) is 11.1 Å². The zero-order valence-corrected chi connectivity index (χ0v) is 25.2. The minimum atomic E-state index is -0.316. The summed E-state index contributed by atoms with van der Waals surface area (Å²) in [6.45, 7) is 10.3. The minimum Gasteiger partial charge on any atom is -0.381 e. The van der Waals surface area contributed by atoms with E-state index >= 15 is 0 Å². The number of H-pyrrole nitrogens is 1. The van der Waals surface area contributed by atoms with E-state index in [-0.39, 0.29) is 36.4 Å². The standard InChI is InChI=1S/C34H38N4O5/c1-5-37(27-12-14-43-15-13-27)30-18-26(25-8-6-24(7-9-25)20-38-31(39)10-11-32(38)40)17-28(23(30)4)33(41)35-19-29-21(2)16-22(3)36-34(29)42/h6-11,16-18,27H,5,12-15,19-20H2,1-4H3,(H,35,41)(H,36,42). The van der Waals surface area contributed by atoms with Gasteiger partial charge in [0.25, 0.3) is 23.3 Å². The second-order valence-corrected chi connectivity index (χ2v) is 11.2. The van der Waals surface area contributed by atoms with Crippen LogP contribution in [0.15, 0.2) is 59.4 Å². The molecule has 1 fully saturated rings. The van der Waals surface area contributed by atoms with Gasteiger partial charge in [-0.1, -0.05) is 24.3 Å². The van der Waals surface area contributed by atoms with Crippen LogP contribution in [0.1, 0.15) is 58.1 Å². The molecule has 2 aliphatic rings. The number of aromatic amines is 1. The lowest BCUT2D eigenvalue weighted by molar-refractivity contribution is -0.137. The van der Waals surface area contributed by atoms with Crippen LogP contribution in [-0.2, 0) is 27.4 Å².